The van der Waals surface area contributed by atoms with E-state index >= 15 is 0 Å². The van der Waals surface area contributed by atoms with E-state index in [1.54, 1.807) is 0 Å². The Morgan fingerprint density at radius 2 is 1.95 bits per heavy atom. The van der Waals surface area contributed by atoms with E-state index in [0.29, 0.717) is 12.6 Å². The van der Waals surface area contributed by atoms with Gasteiger partial charge in [0.25, 0.3) is 0 Å². The lowest BCUT2D eigenvalue weighted by atomic mass is 9.95. The lowest BCUT2D eigenvalue weighted by Crippen LogP contribution is -2.19. The van der Waals surface area contributed by atoms with E-state index in [1.165, 1.54) is 56.2 Å². The normalized spacial score (nSPS) is 22.8. The Balaban J connectivity index is 1.92. The molecule has 118 valence electrons. The third-order valence-corrected chi connectivity index (χ3v) is 4.62. The van der Waals surface area contributed by atoms with Crippen LogP contribution in [0.25, 0.3) is 0 Å². The van der Waals surface area contributed by atoms with Crippen LogP contribution in [0.4, 0.5) is 5.69 Å². The molecule has 0 aliphatic heterocycles. The Bertz CT molecular complexity index is 404. The zero-order valence-electron chi connectivity index (χ0n) is 13.7. The van der Waals surface area contributed by atoms with Crippen LogP contribution >= 0.6 is 0 Å². The molecule has 0 amide bonds. The van der Waals surface area contributed by atoms with Gasteiger partial charge in [0.05, 0.1) is 6.61 Å². The van der Waals surface area contributed by atoms with Gasteiger partial charge in [-0.1, -0.05) is 50.8 Å². The van der Waals surface area contributed by atoms with E-state index in [1.807, 2.05) is 0 Å². The fourth-order valence-electron chi connectivity index (χ4n) is 3.44. The van der Waals surface area contributed by atoms with Crippen molar-refractivity contribution in [1.29, 1.82) is 0 Å². The van der Waals surface area contributed by atoms with Gasteiger partial charge in [0.15, 0.2) is 0 Å². The summed E-state index contributed by atoms with van der Waals surface area (Å²) in [5, 5.41) is 3.78. The van der Waals surface area contributed by atoms with Gasteiger partial charge in [-0.3, -0.25) is 0 Å². The first-order valence-corrected chi connectivity index (χ1v) is 8.75. The van der Waals surface area contributed by atoms with Crippen molar-refractivity contribution in [2.45, 2.75) is 71.4 Å². The molecule has 0 aromatic heterocycles. The van der Waals surface area contributed by atoms with Crippen LogP contribution < -0.4 is 5.32 Å². The van der Waals surface area contributed by atoms with E-state index in [2.05, 4.69) is 43.4 Å². The molecule has 1 aliphatic carbocycles. The van der Waals surface area contributed by atoms with Gasteiger partial charge in [-0.05, 0) is 38.2 Å². The summed E-state index contributed by atoms with van der Waals surface area (Å²) in [7, 11) is 0. The molecule has 2 nitrogen and oxygen atoms in total. The monoisotopic (exact) mass is 289 g/mol. The van der Waals surface area contributed by atoms with E-state index in [9.17, 15) is 0 Å². The van der Waals surface area contributed by atoms with Crippen molar-refractivity contribution in [2.24, 2.45) is 5.92 Å². The van der Waals surface area contributed by atoms with Gasteiger partial charge in [0.2, 0.25) is 0 Å². The third-order valence-electron chi connectivity index (χ3n) is 4.62. The van der Waals surface area contributed by atoms with Crippen LogP contribution in [0.15, 0.2) is 24.3 Å². The Morgan fingerprint density at radius 1 is 1.10 bits per heavy atom. The number of benzene rings is 1. The molecule has 2 unspecified atom stereocenters. The first kappa shape index (κ1) is 16.4. The Labute approximate surface area is 130 Å². The van der Waals surface area contributed by atoms with Gasteiger partial charge in [0.1, 0.15) is 0 Å². The fourth-order valence-corrected chi connectivity index (χ4v) is 3.44. The standard InChI is InChI=1S/C19H31NO/c1-3-8-16-9-7-11-18(14-13-16)20-19-12-6-5-10-17(19)15-21-4-2/h5-6,10,12,16,18,20H,3-4,7-9,11,13-15H2,1-2H3. The minimum absolute atomic E-state index is 0.634. The lowest BCUT2D eigenvalue weighted by Gasteiger charge is -2.20. The molecule has 0 bridgehead atoms. The molecule has 0 radical (unpaired) electrons. The van der Waals surface area contributed by atoms with E-state index < -0.39 is 0 Å². The van der Waals surface area contributed by atoms with Gasteiger partial charge < -0.3 is 10.1 Å². The molecule has 1 N–H and O–H groups in total. The van der Waals surface area contributed by atoms with Gasteiger partial charge in [-0.2, -0.15) is 0 Å². The molecular formula is C19H31NO. The van der Waals surface area contributed by atoms with E-state index in [-0.39, 0.29) is 0 Å². The largest absolute Gasteiger partial charge is 0.382 e. The Kier molecular flexibility index (Phi) is 7.08. The third kappa shape index (κ3) is 5.35. The summed E-state index contributed by atoms with van der Waals surface area (Å²) in [6.45, 7) is 5.85. The van der Waals surface area contributed by atoms with Crippen molar-refractivity contribution >= 4 is 5.69 Å². The van der Waals surface area contributed by atoms with Crippen molar-refractivity contribution in [2.75, 3.05) is 11.9 Å². The molecular weight excluding hydrogens is 258 g/mol. The zero-order valence-corrected chi connectivity index (χ0v) is 13.7. The number of hydrogen-bond donors (Lipinski definition) is 1. The van der Waals surface area contributed by atoms with E-state index in [0.717, 1.165) is 12.5 Å². The number of para-hydroxylation sites is 1. The highest BCUT2D eigenvalue weighted by Crippen LogP contribution is 2.29. The highest BCUT2D eigenvalue weighted by atomic mass is 16.5. The smallest absolute Gasteiger partial charge is 0.0736 e. The van der Waals surface area contributed by atoms with Crippen LogP contribution in [-0.4, -0.2) is 12.6 Å². The fraction of sp³-hybridized carbons (Fsp3) is 0.684. The molecule has 2 rings (SSSR count). The lowest BCUT2D eigenvalue weighted by molar-refractivity contribution is 0.134. The zero-order chi connectivity index (χ0) is 14.9. The number of rotatable bonds is 7. The topological polar surface area (TPSA) is 21.3 Å². The summed E-state index contributed by atoms with van der Waals surface area (Å²) < 4.78 is 5.58. The van der Waals surface area contributed by atoms with Crippen LogP contribution in [0.3, 0.4) is 0 Å². The number of ether oxygens (including phenoxy) is 1. The summed E-state index contributed by atoms with van der Waals surface area (Å²) in [6, 6.07) is 9.23. The highest BCUT2D eigenvalue weighted by Gasteiger charge is 2.18. The van der Waals surface area contributed by atoms with Crippen molar-refractivity contribution in [1.82, 2.24) is 0 Å². The number of nitrogens with one attached hydrogen (secondary N) is 1. The van der Waals surface area contributed by atoms with Crippen LogP contribution in [0.1, 0.15) is 64.4 Å². The summed E-state index contributed by atoms with van der Waals surface area (Å²) in [6.07, 6.45) is 9.55. The Hall–Kier alpha value is -1.02. The van der Waals surface area contributed by atoms with Crippen molar-refractivity contribution < 1.29 is 4.74 Å². The maximum absolute atomic E-state index is 5.58. The summed E-state index contributed by atoms with van der Waals surface area (Å²) in [5.41, 5.74) is 2.55. The molecule has 1 aromatic rings. The minimum atomic E-state index is 0.634. The van der Waals surface area contributed by atoms with Gasteiger partial charge >= 0.3 is 0 Å². The molecule has 0 saturated heterocycles. The van der Waals surface area contributed by atoms with Crippen LogP contribution in [0.2, 0.25) is 0 Å². The van der Waals surface area contributed by atoms with Crippen molar-refractivity contribution in [3.05, 3.63) is 29.8 Å². The molecule has 21 heavy (non-hydrogen) atoms. The molecule has 2 heteroatoms. The first-order chi connectivity index (χ1) is 10.3. The molecule has 1 fully saturated rings. The second kappa shape index (κ2) is 9.09. The van der Waals surface area contributed by atoms with E-state index in [4.69, 9.17) is 4.74 Å². The minimum Gasteiger partial charge on any atom is -0.382 e. The maximum atomic E-state index is 5.58. The van der Waals surface area contributed by atoms with Crippen molar-refractivity contribution in [3.8, 4) is 0 Å². The second-order valence-corrected chi connectivity index (χ2v) is 6.30. The SMILES string of the molecule is CCCC1CCCC(Nc2ccccc2COCC)CC1. The number of hydrogen-bond acceptors (Lipinski definition) is 2. The maximum Gasteiger partial charge on any atom is 0.0736 e. The Morgan fingerprint density at radius 3 is 2.76 bits per heavy atom. The van der Waals surface area contributed by atoms with Gasteiger partial charge in [-0.15, -0.1) is 0 Å². The molecule has 0 heterocycles. The van der Waals surface area contributed by atoms with Crippen LogP contribution in [0, 0.1) is 5.92 Å². The average Bonchev–Trinajstić information content (AvgIpc) is 2.72. The molecule has 1 saturated carbocycles. The van der Waals surface area contributed by atoms with Gasteiger partial charge in [0, 0.05) is 23.9 Å². The highest BCUT2D eigenvalue weighted by molar-refractivity contribution is 5.51. The van der Waals surface area contributed by atoms with Gasteiger partial charge in [-0.25, -0.2) is 0 Å². The first-order valence-electron chi connectivity index (χ1n) is 8.75. The van der Waals surface area contributed by atoms with Crippen molar-refractivity contribution in [3.63, 3.8) is 0 Å². The van der Waals surface area contributed by atoms with Crippen LogP contribution in [-0.2, 0) is 11.3 Å². The predicted molar refractivity (Wildman–Crippen MR) is 90.7 cm³/mol. The predicted octanol–water partition coefficient (Wildman–Crippen LogP) is 5.38. The second-order valence-electron chi connectivity index (χ2n) is 6.30. The summed E-state index contributed by atoms with van der Waals surface area (Å²) in [4.78, 5) is 0. The molecule has 2 atom stereocenters. The number of anilines is 1. The molecule has 0 spiro atoms. The quantitative estimate of drug-likeness (QED) is 0.680. The molecule has 1 aromatic carbocycles. The van der Waals surface area contributed by atoms with Crippen LogP contribution in [0.5, 0.6) is 0 Å². The summed E-state index contributed by atoms with van der Waals surface area (Å²) >= 11 is 0. The molecule has 1 aliphatic rings. The summed E-state index contributed by atoms with van der Waals surface area (Å²) in [5.74, 6) is 0.959. The average molecular weight is 289 g/mol.